The molecule has 0 aliphatic carbocycles. The molecule has 0 unspecified atom stereocenters. The lowest BCUT2D eigenvalue weighted by atomic mass is 10.2. The van der Waals surface area contributed by atoms with Gasteiger partial charge in [0.05, 0.1) is 10.5 Å². The molecule has 0 atom stereocenters. The van der Waals surface area contributed by atoms with Crippen molar-refractivity contribution in [2.45, 2.75) is 31.3 Å². The molecule has 0 spiro atoms. The summed E-state index contributed by atoms with van der Waals surface area (Å²) in [6.07, 6.45) is 0. The number of sulfonamides is 1. The Hall–Kier alpha value is -3.24. The number of hydrogen-bond donors (Lipinski definition) is 3. The Balaban J connectivity index is 2.09. The molecule has 10 heteroatoms. The van der Waals surface area contributed by atoms with Crippen LogP contribution in [-0.2, 0) is 19.6 Å². The molecule has 0 radical (unpaired) electrons. The topological polar surface area (TPSA) is 149 Å². The van der Waals surface area contributed by atoms with E-state index < -0.39 is 34.1 Å². The van der Waals surface area contributed by atoms with Crippen molar-refractivity contribution in [1.29, 1.82) is 5.41 Å². The van der Waals surface area contributed by atoms with Crippen LogP contribution in [0.25, 0.3) is 0 Å². The van der Waals surface area contributed by atoms with Crippen molar-refractivity contribution in [2.24, 2.45) is 5.73 Å². The van der Waals surface area contributed by atoms with E-state index in [-0.39, 0.29) is 22.0 Å². The van der Waals surface area contributed by atoms with Gasteiger partial charge in [-0.25, -0.2) is 13.2 Å². The predicted octanol–water partition coefficient (Wildman–Crippen LogP) is 1.81. The third-order valence-corrected chi connectivity index (χ3v) is 4.98. The SMILES string of the molecule is CC(C)(C)OC(=O)CNS(=O)(=O)c1cccc(C(=O)Oc2ccc(C(=N)N)cc2)c1. The number of esters is 2. The van der Waals surface area contributed by atoms with Crippen LogP contribution < -0.4 is 15.2 Å². The summed E-state index contributed by atoms with van der Waals surface area (Å²) >= 11 is 0. The Morgan fingerprint density at radius 1 is 1.07 bits per heavy atom. The highest BCUT2D eigenvalue weighted by Crippen LogP contribution is 2.17. The minimum atomic E-state index is -4.05. The van der Waals surface area contributed by atoms with E-state index in [1.807, 2.05) is 0 Å². The van der Waals surface area contributed by atoms with Crippen LogP contribution in [0.4, 0.5) is 0 Å². The third-order valence-electron chi connectivity index (χ3n) is 3.58. The van der Waals surface area contributed by atoms with Gasteiger partial charge in [0.25, 0.3) is 0 Å². The molecule has 160 valence electrons. The average Bonchev–Trinajstić information content (AvgIpc) is 2.66. The lowest BCUT2D eigenvalue weighted by molar-refractivity contribution is -0.153. The molecule has 0 bridgehead atoms. The van der Waals surface area contributed by atoms with E-state index in [1.165, 1.54) is 42.5 Å². The fourth-order valence-corrected chi connectivity index (χ4v) is 3.29. The number of carbonyl (C=O) groups excluding carboxylic acids is 2. The van der Waals surface area contributed by atoms with Crippen LogP contribution in [0.15, 0.2) is 53.4 Å². The van der Waals surface area contributed by atoms with Crippen molar-refractivity contribution in [3.05, 3.63) is 59.7 Å². The summed E-state index contributed by atoms with van der Waals surface area (Å²) in [5.41, 5.74) is 5.11. The van der Waals surface area contributed by atoms with Crippen molar-refractivity contribution in [3.8, 4) is 5.75 Å². The van der Waals surface area contributed by atoms with Crippen molar-refractivity contribution in [2.75, 3.05) is 6.54 Å². The minimum Gasteiger partial charge on any atom is -0.459 e. The number of rotatable bonds is 7. The second-order valence-electron chi connectivity index (χ2n) is 7.27. The van der Waals surface area contributed by atoms with Crippen molar-refractivity contribution in [1.82, 2.24) is 4.72 Å². The van der Waals surface area contributed by atoms with Crippen LogP contribution in [0.2, 0.25) is 0 Å². The van der Waals surface area contributed by atoms with Crippen LogP contribution in [0.5, 0.6) is 5.75 Å². The Morgan fingerprint density at radius 3 is 2.27 bits per heavy atom. The van der Waals surface area contributed by atoms with Crippen molar-refractivity contribution < 1.29 is 27.5 Å². The Kier molecular flexibility index (Phi) is 6.96. The first-order chi connectivity index (χ1) is 13.9. The smallest absolute Gasteiger partial charge is 0.343 e. The molecule has 0 aromatic heterocycles. The molecule has 2 rings (SSSR count). The van der Waals surface area contributed by atoms with E-state index in [4.69, 9.17) is 20.6 Å². The first-order valence-corrected chi connectivity index (χ1v) is 10.3. The maximum absolute atomic E-state index is 12.4. The molecule has 0 fully saturated rings. The molecule has 2 aromatic rings. The van der Waals surface area contributed by atoms with E-state index in [0.29, 0.717) is 5.56 Å². The Labute approximate surface area is 174 Å². The number of nitrogens with one attached hydrogen (secondary N) is 2. The number of amidine groups is 1. The van der Waals surface area contributed by atoms with Crippen LogP contribution in [0, 0.1) is 5.41 Å². The monoisotopic (exact) mass is 433 g/mol. The van der Waals surface area contributed by atoms with E-state index in [1.54, 1.807) is 20.8 Å². The van der Waals surface area contributed by atoms with Crippen molar-refractivity contribution in [3.63, 3.8) is 0 Å². The van der Waals surface area contributed by atoms with E-state index in [2.05, 4.69) is 4.72 Å². The summed E-state index contributed by atoms with van der Waals surface area (Å²) in [5, 5.41) is 7.35. The molecular weight excluding hydrogens is 410 g/mol. The lowest BCUT2D eigenvalue weighted by Crippen LogP contribution is -2.34. The summed E-state index contributed by atoms with van der Waals surface area (Å²) in [4.78, 5) is 23.9. The minimum absolute atomic E-state index is 0.00536. The van der Waals surface area contributed by atoms with Gasteiger partial charge in [-0.1, -0.05) is 6.07 Å². The maximum atomic E-state index is 12.4. The molecule has 0 saturated heterocycles. The highest BCUT2D eigenvalue weighted by molar-refractivity contribution is 7.89. The number of hydrogen-bond acceptors (Lipinski definition) is 7. The van der Waals surface area contributed by atoms with Gasteiger partial charge in [0, 0.05) is 5.56 Å². The Bertz CT molecular complexity index is 1060. The third kappa shape index (κ3) is 6.68. The summed E-state index contributed by atoms with van der Waals surface area (Å²) in [5.74, 6) is -1.41. The second-order valence-corrected chi connectivity index (χ2v) is 9.03. The van der Waals surface area contributed by atoms with E-state index >= 15 is 0 Å². The van der Waals surface area contributed by atoms with Gasteiger partial charge < -0.3 is 15.2 Å². The Morgan fingerprint density at radius 2 is 1.70 bits per heavy atom. The standard InChI is InChI=1S/C20H23N3O6S/c1-20(2,3)29-17(24)12-23-30(26,27)16-6-4-5-14(11-16)19(25)28-15-9-7-13(8-10-15)18(21)22/h4-11,23H,12H2,1-3H3,(H3,21,22). The van der Waals surface area contributed by atoms with E-state index in [9.17, 15) is 18.0 Å². The number of nitrogen functional groups attached to an aromatic ring is 1. The fraction of sp³-hybridized carbons (Fsp3) is 0.250. The van der Waals surface area contributed by atoms with Crippen LogP contribution in [0.1, 0.15) is 36.7 Å². The van der Waals surface area contributed by atoms with Gasteiger partial charge in [-0.2, -0.15) is 4.72 Å². The summed E-state index contributed by atoms with van der Waals surface area (Å²) in [6, 6.07) is 11.2. The molecule has 30 heavy (non-hydrogen) atoms. The highest BCUT2D eigenvalue weighted by Gasteiger charge is 2.21. The summed E-state index contributed by atoms with van der Waals surface area (Å²) in [7, 11) is -4.05. The van der Waals surface area contributed by atoms with Gasteiger partial charge in [-0.05, 0) is 63.2 Å². The first-order valence-electron chi connectivity index (χ1n) is 8.85. The largest absolute Gasteiger partial charge is 0.459 e. The zero-order chi connectivity index (χ0) is 22.5. The number of nitrogens with two attached hydrogens (primary N) is 1. The molecule has 2 aromatic carbocycles. The summed E-state index contributed by atoms with van der Waals surface area (Å²) < 4.78 is 37.3. The first kappa shape index (κ1) is 23.0. The van der Waals surface area contributed by atoms with Gasteiger partial charge in [0.2, 0.25) is 10.0 Å². The zero-order valence-corrected chi connectivity index (χ0v) is 17.6. The second kappa shape index (κ2) is 9.06. The van der Waals surface area contributed by atoms with Gasteiger partial charge in [0.15, 0.2) is 0 Å². The van der Waals surface area contributed by atoms with E-state index in [0.717, 1.165) is 6.07 Å². The summed E-state index contributed by atoms with van der Waals surface area (Å²) in [6.45, 7) is 4.46. The molecule has 0 amide bonds. The number of benzene rings is 2. The lowest BCUT2D eigenvalue weighted by Gasteiger charge is -2.19. The molecule has 0 saturated carbocycles. The van der Waals surface area contributed by atoms with Crippen LogP contribution in [0.3, 0.4) is 0 Å². The number of ether oxygens (including phenoxy) is 2. The van der Waals surface area contributed by atoms with Gasteiger partial charge in [-0.15, -0.1) is 0 Å². The van der Waals surface area contributed by atoms with Crippen molar-refractivity contribution >= 4 is 27.8 Å². The molecule has 4 N–H and O–H groups in total. The molecule has 0 aliphatic heterocycles. The zero-order valence-electron chi connectivity index (χ0n) is 16.8. The molecule has 0 heterocycles. The molecule has 0 aliphatic rings. The maximum Gasteiger partial charge on any atom is 0.343 e. The quantitative estimate of drug-likeness (QED) is 0.261. The fourth-order valence-electron chi connectivity index (χ4n) is 2.27. The molecule has 9 nitrogen and oxygen atoms in total. The average molecular weight is 433 g/mol. The molecular formula is C20H23N3O6S. The van der Waals surface area contributed by atoms with Crippen LogP contribution >= 0.6 is 0 Å². The van der Waals surface area contributed by atoms with Gasteiger partial charge >= 0.3 is 11.9 Å². The highest BCUT2D eigenvalue weighted by atomic mass is 32.2. The predicted molar refractivity (Wildman–Crippen MR) is 110 cm³/mol. The van der Waals surface area contributed by atoms with Gasteiger partial charge in [0.1, 0.15) is 23.7 Å². The number of carbonyl (C=O) groups is 2. The normalized spacial score (nSPS) is 11.6. The van der Waals surface area contributed by atoms with Gasteiger partial charge in [-0.3, -0.25) is 10.2 Å². The van der Waals surface area contributed by atoms with Crippen LogP contribution in [-0.4, -0.2) is 38.3 Å².